The Morgan fingerprint density at radius 3 is 1.84 bits per heavy atom. The Morgan fingerprint density at radius 2 is 1.35 bits per heavy atom. The number of nitrogens with zero attached hydrogens (tertiary/aromatic N) is 2. The third-order valence-electron chi connectivity index (χ3n) is 4.88. The molecule has 1 saturated heterocycles. The highest BCUT2D eigenvalue weighted by Gasteiger charge is 2.19. The molecule has 2 aromatic rings. The minimum absolute atomic E-state index is 0.799. The second kappa shape index (κ2) is 12.3. The highest BCUT2D eigenvalue weighted by molar-refractivity contribution is 9.10. The molecule has 9 heteroatoms. The lowest BCUT2D eigenvalue weighted by Gasteiger charge is -2.35. The third kappa shape index (κ3) is 7.54. The maximum atomic E-state index is 9.10. The Bertz CT molecular complexity index is 872. The Labute approximate surface area is 190 Å². The molecular formula is C22H27BrN2O6. The zero-order valence-electron chi connectivity index (χ0n) is 17.6. The smallest absolute Gasteiger partial charge is 0.414 e. The number of aliphatic carboxylic acids is 2. The number of carbonyl (C=O) groups is 2. The molecule has 0 aromatic heterocycles. The van der Waals surface area contributed by atoms with Crippen molar-refractivity contribution in [1.82, 2.24) is 9.80 Å². The van der Waals surface area contributed by atoms with Crippen LogP contribution in [0.1, 0.15) is 11.1 Å². The van der Waals surface area contributed by atoms with E-state index in [1.165, 1.54) is 15.6 Å². The van der Waals surface area contributed by atoms with Crippen molar-refractivity contribution in [3.05, 3.63) is 58.1 Å². The summed E-state index contributed by atoms with van der Waals surface area (Å²) in [6.07, 6.45) is 0. The number of hydrogen-bond donors (Lipinski definition) is 2. The summed E-state index contributed by atoms with van der Waals surface area (Å²) in [6, 6.07) is 14.6. The molecule has 0 saturated carbocycles. The molecular weight excluding hydrogens is 468 g/mol. The zero-order valence-corrected chi connectivity index (χ0v) is 19.2. The molecule has 1 aliphatic rings. The fourth-order valence-electron chi connectivity index (χ4n) is 3.29. The summed E-state index contributed by atoms with van der Waals surface area (Å²) in [5.74, 6) is -2.00. The number of rotatable bonds is 6. The van der Waals surface area contributed by atoms with Gasteiger partial charge in [-0.15, -0.1) is 0 Å². The molecule has 0 amide bonds. The van der Waals surface area contributed by atoms with Gasteiger partial charge in [0.2, 0.25) is 0 Å². The normalized spacial score (nSPS) is 14.3. The standard InChI is InChI=1S/C20H25BrN2O2.C2H2O4/c1-24-19-9-5-7-17(20(19)25-2)15-23-12-10-22(11-13-23)14-16-6-3-4-8-18(16)21;3-1(4)2(5)6/h3-9H,10-15H2,1-2H3;(H,3,4)(H,5,6). The van der Waals surface area contributed by atoms with Crippen molar-refractivity contribution in [1.29, 1.82) is 0 Å². The second-order valence-corrected chi connectivity index (χ2v) is 7.76. The summed E-state index contributed by atoms with van der Waals surface area (Å²) in [6.45, 7) is 6.16. The number of carboxylic acid groups (broad SMARTS) is 2. The summed E-state index contributed by atoms with van der Waals surface area (Å²) >= 11 is 3.65. The molecule has 0 radical (unpaired) electrons. The molecule has 2 aromatic carbocycles. The van der Waals surface area contributed by atoms with Gasteiger partial charge < -0.3 is 19.7 Å². The van der Waals surface area contributed by atoms with E-state index in [1.807, 2.05) is 12.1 Å². The Kier molecular flexibility index (Phi) is 9.77. The monoisotopic (exact) mass is 494 g/mol. The lowest BCUT2D eigenvalue weighted by molar-refractivity contribution is -0.159. The van der Waals surface area contributed by atoms with Gasteiger partial charge in [-0.1, -0.05) is 46.3 Å². The lowest BCUT2D eigenvalue weighted by atomic mass is 10.1. The van der Waals surface area contributed by atoms with E-state index in [4.69, 9.17) is 29.3 Å². The largest absolute Gasteiger partial charge is 0.493 e. The van der Waals surface area contributed by atoms with Crippen molar-refractivity contribution in [3.63, 3.8) is 0 Å². The molecule has 0 aliphatic carbocycles. The number of carboxylic acids is 2. The topological polar surface area (TPSA) is 99.5 Å². The van der Waals surface area contributed by atoms with Crippen LogP contribution in [0.4, 0.5) is 0 Å². The third-order valence-corrected chi connectivity index (χ3v) is 5.65. The summed E-state index contributed by atoms with van der Waals surface area (Å²) in [7, 11) is 3.39. The van der Waals surface area contributed by atoms with Crippen LogP contribution in [0, 0.1) is 0 Å². The van der Waals surface area contributed by atoms with Crippen LogP contribution < -0.4 is 9.47 Å². The van der Waals surface area contributed by atoms with E-state index in [0.29, 0.717) is 0 Å². The Morgan fingerprint density at radius 1 is 0.839 bits per heavy atom. The number of piperazine rings is 1. The molecule has 2 N–H and O–H groups in total. The average molecular weight is 495 g/mol. The van der Waals surface area contributed by atoms with Crippen molar-refractivity contribution in [2.24, 2.45) is 0 Å². The first-order valence-corrected chi connectivity index (χ1v) is 10.5. The molecule has 1 heterocycles. The van der Waals surface area contributed by atoms with Crippen molar-refractivity contribution < 1.29 is 29.3 Å². The van der Waals surface area contributed by atoms with E-state index >= 15 is 0 Å². The fourth-order valence-corrected chi connectivity index (χ4v) is 3.70. The first kappa shape index (κ1) is 24.6. The predicted molar refractivity (Wildman–Crippen MR) is 120 cm³/mol. The van der Waals surface area contributed by atoms with Gasteiger partial charge in [-0.3, -0.25) is 9.80 Å². The van der Waals surface area contributed by atoms with E-state index in [-0.39, 0.29) is 0 Å². The van der Waals surface area contributed by atoms with Gasteiger partial charge >= 0.3 is 11.9 Å². The number of benzene rings is 2. The summed E-state index contributed by atoms with van der Waals surface area (Å²) in [4.78, 5) is 23.2. The molecule has 8 nitrogen and oxygen atoms in total. The summed E-state index contributed by atoms with van der Waals surface area (Å²) in [5.41, 5.74) is 2.53. The van der Waals surface area contributed by atoms with Crippen LogP contribution in [0.2, 0.25) is 0 Å². The van der Waals surface area contributed by atoms with Crippen molar-refractivity contribution >= 4 is 27.9 Å². The van der Waals surface area contributed by atoms with E-state index in [2.05, 4.69) is 56.1 Å². The van der Waals surface area contributed by atoms with E-state index in [9.17, 15) is 0 Å². The van der Waals surface area contributed by atoms with Gasteiger partial charge in [0.05, 0.1) is 14.2 Å². The lowest BCUT2D eigenvalue weighted by Crippen LogP contribution is -2.45. The van der Waals surface area contributed by atoms with Gasteiger partial charge in [0.25, 0.3) is 0 Å². The number of methoxy groups -OCH3 is 2. The van der Waals surface area contributed by atoms with Crippen molar-refractivity contribution in [3.8, 4) is 11.5 Å². The van der Waals surface area contributed by atoms with Gasteiger partial charge in [0.1, 0.15) is 0 Å². The minimum atomic E-state index is -1.82. The van der Waals surface area contributed by atoms with Crippen LogP contribution in [-0.4, -0.2) is 72.4 Å². The van der Waals surface area contributed by atoms with E-state index < -0.39 is 11.9 Å². The molecule has 168 valence electrons. The number of para-hydroxylation sites is 1. The summed E-state index contributed by atoms with van der Waals surface area (Å²) < 4.78 is 12.2. The molecule has 0 spiro atoms. The van der Waals surface area contributed by atoms with Gasteiger partial charge in [-0.05, 0) is 17.7 Å². The van der Waals surface area contributed by atoms with E-state index in [0.717, 1.165) is 50.8 Å². The van der Waals surface area contributed by atoms with Crippen LogP contribution in [0.5, 0.6) is 11.5 Å². The first-order chi connectivity index (χ1) is 14.8. The van der Waals surface area contributed by atoms with Crippen LogP contribution in [0.25, 0.3) is 0 Å². The molecule has 0 bridgehead atoms. The molecule has 0 atom stereocenters. The highest BCUT2D eigenvalue weighted by atomic mass is 79.9. The Hall–Kier alpha value is -2.62. The highest BCUT2D eigenvalue weighted by Crippen LogP contribution is 2.31. The van der Waals surface area contributed by atoms with Gasteiger partial charge in [0.15, 0.2) is 11.5 Å². The molecule has 0 unspecified atom stereocenters. The van der Waals surface area contributed by atoms with Gasteiger partial charge in [0, 0.05) is 49.3 Å². The Balaban J connectivity index is 0.000000501. The van der Waals surface area contributed by atoms with Crippen molar-refractivity contribution in [2.75, 3.05) is 40.4 Å². The average Bonchev–Trinajstić information content (AvgIpc) is 2.76. The van der Waals surface area contributed by atoms with Crippen LogP contribution >= 0.6 is 15.9 Å². The minimum Gasteiger partial charge on any atom is -0.493 e. The van der Waals surface area contributed by atoms with Gasteiger partial charge in [-0.25, -0.2) is 9.59 Å². The number of ether oxygens (including phenoxy) is 2. The van der Waals surface area contributed by atoms with Crippen LogP contribution in [0.3, 0.4) is 0 Å². The van der Waals surface area contributed by atoms with Crippen LogP contribution in [-0.2, 0) is 22.7 Å². The fraction of sp³-hybridized carbons (Fsp3) is 0.364. The maximum absolute atomic E-state index is 9.10. The second-order valence-electron chi connectivity index (χ2n) is 6.91. The van der Waals surface area contributed by atoms with Crippen LogP contribution in [0.15, 0.2) is 46.9 Å². The number of hydrogen-bond acceptors (Lipinski definition) is 6. The molecule has 1 fully saturated rings. The zero-order chi connectivity index (χ0) is 22.8. The van der Waals surface area contributed by atoms with Crippen molar-refractivity contribution in [2.45, 2.75) is 13.1 Å². The predicted octanol–water partition coefficient (Wildman–Crippen LogP) is 2.94. The molecule has 3 rings (SSSR count). The SMILES string of the molecule is COc1cccc(CN2CCN(Cc3ccccc3Br)CC2)c1OC.O=C(O)C(=O)O. The molecule has 31 heavy (non-hydrogen) atoms. The van der Waals surface area contributed by atoms with E-state index in [1.54, 1.807) is 14.2 Å². The number of halogens is 1. The summed E-state index contributed by atoms with van der Waals surface area (Å²) in [5, 5.41) is 14.8. The molecule has 1 aliphatic heterocycles. The quantitative estimate of drug-likeness (QED) is 0.591. The first-order valence-electron chi connectivity index (χ1n) is 9.70. The maximum Gasteiger partial charge on any atom is 0.414 e. The van der Waals surface area contributed by atoms with Gasteiger partial charge in [-0.2, -0.15) is 0 Å².